The normalized spacial score (nSPS) is 13.4. The third-order valence-electron chi connectivity index (χ3n) is 11.3. The average Bonchev–Trinajstić information content (AvgIpc) is 3.67. The minimum Gasteiger partial charge on any atom is -0.0623 e. The molecule has 0 fully saturated rings. The molecular weight excluding hydrogens is 617 g/mol. The van der Waals surface area contributed by atoms with E-state index in [4.69, 9.17) is 0 Å². The third kappa shape index (κ3) is 3.93. The molecule has 2 aliphatic carbocycles. The van der Waals surface area contributed by atoms with Gasteiger partial charge in [0.1, 0.15) is 0 Å². The van der Waals surface area contributed by atoms with Gasteiger partial charge in [0.25, 0.3) is 0 Å². The van der Waals surface area contributed by atoms with Crippen molar-refractivity contribution in [3.8, 4) is 33.4 Å². The Balaban J connectivity index is 1.15. The largest absolute Gasteiger partial charge is 0.179 e. The van der Waals surface area contributed by atoms with Gasteiger partial charge in [0.2, 0.25) is 0 Å². The molecule has 0 unspecified atom stereocenters. The molecular formula is C49H34Si. The molecule has 50 heavy (non-hydrogen) atoms. The second-order valence-electron chi connectivity index (χ2n) is 13.6. The van der Waals surface area contributed by atoms with Crippen molar-refractivity contribution in [1.29, 1.82) is 0 Å². The molecule has 0 nitrogen and oxygen atoms in total. The maximum Gasteiger partial charge on any atom is 0.179 e. The van der Waals surface area contributed by atoms with Crippen LogP contribution in [0.2, 0.25) is 0 Å². The Kier molecular flexibility index (Phi) is 6.52. The lowest BCUT2D eigenvalue weighted by Crippen LogP contribution is -2.74. The van der Waals surface area contributed by atoms with E-state index < -0.39 is 8.07 Å². The van der Waals surface area contributed by atoms with E-state index in [0.29, 0.717) is 0 Å². The van der Waals surface area contributed by atoms with Gasteiger partial charge in [-0.3, -0.25) is 0 Å². The molecule has 0 heterocycles. The lowest BCUT2D eigenvalue weighted by atomic mass is 9.70. The minimum absolute atomic E-state index is 0.312. The maximum absolute atomic E-state index is 2.58. The van der Waals surface area contributed by atoms with Crippen molar-refractivity contribution >= 4 is 28.8 Å². The molecule has 234 valence electrons. The first-order chi connectivity index (χ1) is 24.8. The number of rotatable bonds is 5. The summed E-state index contributed by atoms with van der Waals surface area (Å²) in [6, 6.07) is 77.3. The van der Waals surface area contributed by atoms with Crippen molar-refractivity contribution in [3.63, 3.8) is 0 Å². The van der Waals surface area contributed by atoms with Crippen molar-refractivity contribution in [2.75, 3.05) is 0 Å². The first kappa shape index (κ1) is 28.9. The van der Waals surface area contributed by atoms with Crippen LogP contribution in [0, 0.1) is 0 Å². The number of hydrogen-bond donors (Lipinski definition) is 0. The Morgan fingerprint density at radius 1 is 0.260 bits per heavy atom. The highest BCUT2D eigenvalue weighted by Gasteiger charge is 2.51. The molecule has 0 bridgehead atoms. The molecule has 1 spiro atoms. The fourth-order valence-corrected chi connectivity index (χ4v) is 14.0. The van der Waals surface area contributed by atoms with Gasteiger partial charge in [0.05, 0.1) is 5.41 Å². The molecule has 8 aromatic rings. The molecule has 0 atom stereocenters. The molecule has 0 radical (unpaired) electrons. The van der Waals surface area contributed by atoms with Crippen LogP contribution in [0.15, 0.2) is 206 Å². The highest BCUT2D eigenvalue weighted by Crippen LogP contribution is 2.62. The Bertz CT molecular complexity index is 2370. The lowest BCUT2D eigenvalue weighted by Gasteiger charge is -2.34. The molecule has 0 saturated heterocycles. The van der Waals surface area contributed by atoms with Gasteiger partial charge >= 0.3 is 0 Å². The van der Waals surface area contributed by atoms with Gasteiger partial charge in [-0.1, -0.05) is 200 Å². The molecule has 0 aromatic heterocycles. The minimum atomic E-state index is -2.58. The second kappa shape index (κ2) is 11.3. The maximum atomic E-state index is 2.44. The highest BCUT2D eigenvalue weighted by molar-refractivity contribution is 7.19. The van der Waals surface area contributed by atoms with Crippen LogP contribution in [0.3, 0.4) is 0 Å². The Morgan fingerprint density at radius 3 is 1.06 bits per heavy atom. The molecule has 8 aromatic carbocycles. The smallest absolute Gasteiger partial charge is 0.0623 e. The molecule has 0 aliphatic heterocycles. The highest BCUT2D eigenvalue weighted by atomic mass is 28.3. The van der Waals surface area contributed by atoms with E-state index in [-0.39, 0.29) is 5.41 Å². The van der Waals surface area contributed by atoms with Crippen molar-refractivity contribution in [2.45, 2.75) is 5.41 Å². The molecule has 0 saturated carbocycles. The summed E-state index contributed by atoms with van der Waals surface area (Å²) in [4.78, 5) is 0. The first-order valence-electron chi connectivity index (χ1n) is 17.5. The summed E-state index contributed by atoms with van der Waals surface area (Å²) in [6.45, 7) is 0. The molecule has 0 N–H and O–H groups in total. The van der Waals surface area contributed by atoms with Gasteiger partial charge in [0, 0.05) is 0 Å². The van der Waals surface area contributed by atoms with E-state index in [1.807, 2.05) is 0 Å². The first-order valence-corrected chi connectivity index (χ1v) is 19.5. The van der Waals surface area contributed by atoms with E-state index in [1.54, 1.807) is 0 Å². The van der Waals surface area contributed by atoms with E-state index in [2.05, 4.69) is 206 Å². The van der Waals surface area contributed by atoms with Gasteiger partial charge in [-0.15, -0.1) is 0 Å². The van der Waals surface area contributed by atoms with Crippen molar-refractivity contribution in [1.82, 2.24) is 0 Å². The summed E-state index contributed by atoms with van der Waals surface area (Å²) in [5.74, 6) is 0. The van der Waals surface area contributed by atoms with E-state index >= 15 is 0 Å². The van der Waals surface area contributed by atoms with E-state index in [1.165, 1.54) is 76.4 Å². The SMILES string of the molecule is c1ccc([Si](c2ccccc2)(c2ccccc2)c2ccc(-c3ccc4c(c3)-c3ccccc3C43c4ccccc4-c4ccccc43)cc2)cc1. The fourth-order valence-electron chi connectivity index (χ4n) is 9.26. The predicted octanol–water partition coefficient (Wildman–Crippen LogP) is 9.07. The summed E-state index contributed by atoms with van der Waals surface area (Å²) in [5, 5.41) is 5.56. The predicted molar refractivity (Wildman–Crippen MR) is 212 cm³/mol. The van der Waals surface area contributed by atoms with Crippen molar-refractivity contribution in [3.05, 3.63) is 229 Å². The number of fused-ring (bicyclic) bond motifs is 10. The van der Waals surface area contributed by atoms with Crippen molar-refractivity contribution < 1.29 is 0 Å². The van der Waals surface area contributed by atoms with E-state index in [9.17, 15) is 0 Å². The second-order valence-corrected chi connectivity index (χ2v) is 17.4. The summed E-state index contributed by atoms with van der Waals surface area (Å²) in [5.41, 5.74) is 13.0. The van der Waals surface area contributed by atoms with Crippen LogP contribution in [0.1, 0.15) is 22.3 Å². The Labute approximate surface area is 295 Å². The van der Waals surface area contributed by atoms with Gasteiger partial charge in [-0.05, 0) is 82.4 Å². The fraction of sp³-hybridized carbons (Fsp3) is 0.0204. The zero-order chi connectivity index (χ0) is 33.1. The zero-order valence-electron chi connectivity index (χ0n) is 27.6. The van der Waals surface area contributed by atoms with Gasteiger partial charge < -0.3 is 0 Å². The van der Waals surface area contributed by atoms with Gasteiger partial charge in [-0.2, -0.15) is 0 Å². The zero-order valence-corrected chi connectivity index (χ0v) is 28.6. The van der Waals surface area contributed by atoms with Gasteiger partial charge in [-0.25, -0.2) is 0 Å². The van der Waals surface area contributed by atoms with Crippen LogP contribution in [-0.4, -0.2) is 8.07 Å². The summed E-state index contributed by atoms with van der Waals surface area (Å²) in [6.07, 6.45) is 0. The molecule has 2 aliphatic rings. The topological polar surface area (TPSA) is 0 Å². The van der Waals surface area contributed by atoms with Crippen LogP contribution in [0.25, 0.3) is 33.4 Å². The molecule has 1 heteroatoms. The number of benzene rings is 8. The summed E-state index contributed by atoms with van der Waals surface area (Å²) in [7, 11) is -2.58. The monoisotopic (exact) mass is 650 g/mol. The summed E-state index contributed by atoms with van der Waals surface area (Å²) < 4.78 is 0. The van der Waals surface area contributed by atoms with Crippen LogP contribution >= 0.6 is 0 Å². The summed E-state index contributed by atoms with van der Waals surface area (Å²) >= 11 is 0. The van der Waals surface area contributed by atoms with E-state index in [0.717, 1.165) is 0 Å². The standard InChI is InChI=1S/C49H34Si/c1-4-16-37(17-5-1)50(38-18-6-2-7-19-38,39-20-8-3-9-21-39)40-31-28-35(29-32-40)36-30-33-48-44(34-36)43-24-12-15-27-47(43)49(48)45-25-13-10-22-41(45)42-23-11-14-26-46(42)49/h1-34H. The molecule has 10 rings (SSSR count). The van der Waals surface area contributed by atoms with Crippen LogP contribution in [0.5, 0.6) is 0 Å². The van der Waals surface area contributed by atoms with Gasteiger partial charge in [0.15, 0.2) is 8.07 Å². The lowest BCUT2D eigenvalue weighted by molar-refractivity contribution is 0.794. The van der Waals surface area contributed by atoms with Crippen LogP contribution in [-0.2, 0) is 5.41 Å². The van der Waals surface area contributed by atoms with Crippen molar-refractivity contribution in [2.24, 2.45) is 0 Å². The third-order valence-corrected chi connectivity index (χ3v) is 16.1. The van der Waals surface area contributed by atoms with Crippen LogP contribution < -0.4 is 20.7 Å². The quantitative estimate of drug-likeness (QED) is 0.129. The molecule has 0 amide bonds. The number of hydrogen-bond acceptors (Lipinski definition) is 0. The average molecular weight is 651 g/mol. The Morgan fingerprint density at radius 2 is 0.600 bits per heavy atom. The van der Waals surface area contributed by atoms with Crippen LogP contribution in [0.4, 0.5) is 0 Å². The Hall–Kier alpha value is -6.02.